The molecule has 0 spiro atoms. The molecule has 88 valence electrons. The highest BCUT2D eigenvalue weighted by Crippen LogP contribution is 2.26. The van der Waals surface area contributed by atoms with Crippen molar-refractivity contribution in [3.63, 3.8) is 0 Å². The minimum Gasteiger partial charge on any atom is -0.480 e. The molecule has 0 aliphatic heterocycles. The third kappa shape index (κ3) is 3.25. The molecule has 0 heterocycles. The van der Waals surface area contributed by atoms with Crippen LogP contribution in [0.15, 0.2) is 23.1 Å². The van der Waals surface area contributed by atoms with Gasteiger partial charge >= 0.3 is 5.97 Å². The molecular formula is C12H17NO2S. The molecule has 1 rings (SSSR count). The van der Waals surface area contributed by atoms with E-state index in [0.29, 0.717) is 5.75 Å². The number of carboxylic acid groups (broad SMARTS) is 1. The number of aliphatic carboxylic acids is 1. The first-order chi connectivity index (χ1) is 7.33. The molecule has 0 radical (unpaired) electrons. The smallest absolute Gasteiger partial charge is 0.324 e. The van der Waals surface area contributed by atoms with Crippen LogP contribution in [0.1, 0.15) is 18.1 Å². The Labute approximate surface area is 100 Å². The molecule has 16 heavy (non-hydrogen) atoms. The summed E-state index contributed by atoms with van der Waals surface area (Å²) in [5, 5.41) is 8.90. The molecule has 1 aromatic rings. The number of rotatable bonds is 4. The zero-order chi connectivity index (χ0) is 12.3. The Kier molecular flexibility index (Phi) is 3.99. The van der Waals surface area contributed by atoms with Gasteiger partial charge in [-0.15, -0.1) is 11.8 Å². The SMILES string of the molecule is Cc1ccc(C)c(SCC(C)(N)C(=O)O)c1. The number of hydrogen-bond acceptors (Lipinski definition) is 3. The van der Waals surface area contributed by atoms with E-state index in [1.54, 1.807) is 0 Å². The summed E-state index contributed by atoms with van der Waals surface area (Å²) in [6, 6.07) is 6.13. The quantitative estimate of drug-likeness (QED) is 0.791. The first-order valence-corrected chi connectivity index (χ1v) is 6.04. The molecule has 0 saturated carbocycles. The maximum atomic E-state index is 10.9. The van der Waals surface area contributed by atoms with Crippen molar-refractivity contribution in [2.24, 2.45) is 5.73 Å². The van der Waals surface area contributed by atoms with Crippen LogP contribution in [0.3, 0.4) is 0 Å². The lowest BCUT2D eigenvalue weighted by Crippen LogP contribution is -2.47. The van der Waals surface area contributed by atoms with Gasteiger partial charge in [0.2, 0.25) is 0 Å². The highest BCUT2D eigenvalue weighted by Gasteiger charge is 2.27. The van der Waals surface area contributed by atoms with Crippen molar-refractivity contribution >= 4 is 17.7 Å². The van der Waals surface area contributed by atoms with Crippen LogP contribution in [0.4, 0.5) is 0 Å². The van der Waals surface area contributed by atoms with Crippen LogP contribution in [0.25, 0.3) is 0 Å². The van der Waals surface area contributed by atoms with Gasteiger partial charge in [0.15, 0.2) is 0 Å². The summed E-state index contributed by atoms with van der Waals surface area (Å²) < 4.78 is 0. The van der Waals surface area contributed by atoms with Crippen LogP contribution in [0.2, 0.25) is 0 Å². The number of benzene rings is 1. The van der Waals surface area contributed by atoms with Crippen molar-refractivity contribution in [1.82, 2.24) is 0 Å². The largest absolute Gasteiger partial charge is 0.480 e. The van der Waals surface area contributed by atoms with E-state index in [0.717, 1.165) is 10.5 Å². The van der Waals surface area contributed by atoms with Crippen LogP contribution >= 0.6 is 11.8 Å². The molecule has 0 aliphatic rings. The summed E-state index contributed by atoms with van der Waals surface area (Å²) >= 11 is 1.49. The van der Waals surface area contributed by atoms with Crippen molar-refractivity contribution in [3.8, 4) is 0 Å². The summed E-state index contributed by atoms with van der Waals surface area (Å²) in [7, 11) is 0. The van der Waals surface area contributed by atoms with E-state index < -0.39 is 11.5 Å². The van der Waals surface area contributed by atoms with Gasteiger partial charge in [-0.1, -0.05) is 17.7 Å². The van der Waals surface area contributed by atoms with Crippen molar-refractivity contribution < 1.29 is 9.90 Å². The van der Waals surface area contributed by atoms with E-state index in [2.05, 4.69) is 6.07 Å². The predicted molar refractivity (Wildman–Crippen MR) is 66.9 cm³/mol. The Morgan fingerprint density at radius 2 is 2.12 bits per heavy atom. The number of carboxylic acids is 1. The average Bonchev–Trinajstić information content (AvgIpc) is 2.19. The maximum absolute atomic E-state index is 10.9. The number of thioether (sulfide) groups is 1. The van der Waals surface area contributed by atoms with E-state index in [1.807, 2.05) is 26.0 Å². The van der Waals surface area contributed by atoms with E-state index >= 15 is 0 Å². The van der Waals surface area contributed by atoms with Crippen LogP contribution < -0.4 is 5.73 Å². The molecule has 0 saturated heterocycles. The molecule has 1 unspecified atom stereocenters. The third-order valence-corrected chi connectivity index (χ3v) is 3.85. The Balaban J connectivity index is 2.75. The second kappa shape index (κ2) is 4.89. The number of hydrogen-bond donors (Lipinski definition) is 2. The Hall–Kier alpha value is -1.00. The summed E-state index contributed by atoms with van der Waals surface area (Å²) in [5.41, 5.74) is 6.81. The zero-order valence-electron chi connectivity index (χ0n) is 9.78. The Morgan fingerprint density at radius 1 is 1.50 bits per heavy atom. The lowest BCUT2D eigenvalue weighted by atomic mass is 10.1. The van der Waals surface area contributed by atoms with Gasteiger partial charge in [0, 0.05) is 10.6 Å². The van der Waals surface area contributed by atoms with Crippen LogP contribution in [-0.4, -0.2) is 22.4 Å². The van der Waals surface area contributed by atoms with E-state index in [1.165, 1.54) is 24.2 Å². The monoisotopic (exact) mass is 239 g/mol. The molecule has 3 N–H and O–H groups in total. The third-order valence-electron chi connectivity index (χ3n) is 2.36. The molecule has 4 heteroatoms. The summed E-state index contributed by atoms with van der Waals surface area (Å²) in [6.45, 7) is 5.56. The van der Waals surface area contributed by atoms with E-state index in [4.69, 9.17) is 10.8 Å². The first-order valence-electron chi connectivity index (χ1n) is 5.05. The topological polar surface area (TPSA) is 63.3 Å². The number of aryl methyl sites for hydroxylation is 2. The van der Waals surface area contributed by atoms with Crippen LogP contribution in [-0.2, 0) is 4.79 Å². The van der Waals surface area contributed by atoms with Gasteiger partial charge in [-0.3, -0.25) is 4.79 Å². The molecule has 0 fully saturated rings. The standard InChI is InChI=1S/C12H17NO2S/c1-8-4-5-9(2)10(6-8)16-7-12(3,13)11(14)15/h4-6H,7,13H2,1-3H3,(H,14,15). The molecule has 0 aliphatic carbocycles. The van der Waals surface area contributed by atoms with Crippen molar-refractivity contribution in [2.75, 3.05) is 5.75 Å². The van der Waals surface area contributed by atoms with Gasteiger partial charge in [0.1, 0.15) is 5.54 Å². The summed E-state index contributed by atoms with van der Waals surface area (Å²) in [5.74, 6) is -0.600. The van der Waals surface area contributed by atoms with Gasteiger partial charge in [-0.2, -0.15) is 0 Å². The normalized spacial score (nSPS) is 14.5. The summed E-state index contributed by atoms with van der Waals surface area (Å²) in [4.78, 5) is 12.0. The fraction of sp³-hybridized carbons (Fsp3) is 0.417. The second-order valence-corrected chi connectivity index (χ2v) is 5.30. The lowest BCUT2D eigenvalue weighted by molar-refractivity contribution is -0.141. The van der Waals surface area contributed by atoms with Gasteiger partial charge in [0.05, 0.1) is 0 Å². The van der Waals surface area contributed by atoms with Crippen LogP contribution in [0.5, 0.6) is 0 Å². The molecule has 1 aromatic carbocycles. The van der Waals surface area contributed by atoms with E-state index in [-0.39, 0.29) is 0 Å². The van der Waals surface area contributed by atoms with E-state index in [9.17, 15) is 4.79 Å². The first kappa shape index (κ1) is 13.1. The lowest BCUT2D eigenvalue weighted by Gasteiger charge is -2.19. The maximum Gasteiger partial charge on any atom is 0.324 e. The highest BCUT2D eigenvalue weighted by molar-refractivity contribution is 7.99. The average molecular weight is 239 g/mol. The second-order valence-electron chi connectivity index (χ2n) is 4.28. The number of carbonyl (C=O) groups is 1. The highest BCUT2D eigenvalue weighted by atomic mass is 32.2. The fourth-order valence-corrected chi connectivity index (χ4v) is 2.30. The Morgan fingerprint density at radius 3 is 2.69 bits per heavy atom. The zero-order valence-corrected chi connectivity index (χ0v) is 10.6. The van der Waals surface area contributed by atoms with Gasteiger partial charge in [-0.25, -0.2) is 0 Å². The van der Waals surface area contributed by atoms with Crippen molar-refractivity contribution in [3.05, 3.63) is 29.3 Å². The van der Waals surface area contributed by atoms with Crippen molar-refractivity contribution in [2.45, 2.75) is 31.2 Å². The molecular weight excluding hydrogens is 222 g/mol. The van der Waals surface area contributed by atoms with Gasteiger partial charge in [-0.05, 0) is 32.4 Å². The van der Waals surface area contributed by atoms with Gasteiger partial charge in [0.25, 0.3) is 0 Å². The molecule has 0 aromatic heterocycles. The van der Waals surface area contributed by atoms with Crippen molar-refractivity contribution in [1.29, 1.82) is 0 Å². The Bertz CT molecular complexity index is 402. The van der Waals surface area contributed by atoms with Gasteiger partial charge < -0.3 is 10.8 Å². The molecule has 1 atom stereocenters. The molecule has 0 amide bonds. The fourth-order valence-electron chi connectivity index (χ4n) is 1.15. The van der Waals surface area contributed by atoms with Crippen LogP contribution in [0, 0.1) is 13.8 Å². The minimum atomic E-state index is -1.18. The molecule has 3 nitrogen and oxygen atoms in total. The molecule has 0 bridgehead atoms. The number of nitrogens with two attached hydrogens (primary N) is 1. The minimum absolute atomic E-state index is 0.368. The summed E-state index contributed by atoms with van der Waals surface area (Å²) in [6.07, 6.45) is 0. The predicted octanol–water partition coefficient (Wildman–Crippen LogP) is 2.20.